The fourth-order valence-electron chi connectivity index (χ4n) is 1.97. The van der Waals surface area contributed by atoms with Crippen molar-refractivity contribution in [3.05, 3.63) is 16.6 Å². The predicted molar refractivity (Wildman–Crippen MR) is 87.7 cm³/mol. The smallest absolute Gasteiger partial charge is 0.261 e. The Morgan fingerprint density at radius 2 is 2.19 bits per heavy atom. The number of halogens is 1. The normalized spacial score (nSPS) is 10.6. The van der Waals surface area contributed by atoms with E-state index in [1.807, 2.05) is 24.7 Å². The molecule has 2 rings (SSSR count). The number of ether oxygens (including phenoxy) is 1. The average Bonchev–Trinajstić information content (AvgIpc) is 2.96. The molecule has 8 heteroatoms. The predicted octanol–water partition coefficient (Wildman–Crippen LogP) is 1.33. The van der Waals surface area contributed by atoms with Crippen molar-refractivity contribution in [3.8, 4) is 0 Å². The first-order valence-corrected chi connectivity index (χ1v) is 7.36. The van der Waals surface area contributed by atoms with Gasteiger partial charge in [0.05, 0.1) is 17.2 Å². The van der Waals surface area contributed by atoms with Gasteiger partial charge < -0.3 is 15.4 Å². The van der Waals surface area contributed by atoms with Crippen molar-refractivity contribution in [2.75, 3.05) is 33.4 Å². The van der Waals surface area contributed by atoms with Crippen LogP contribution in [0, 0.1) is 6.92 Å². The van der Waals surface area contributed by atoms with E-state index in [1.165, 1.54) is 11.3 Å². The Kier molecular flexibility index (Phi) is 7.10. The Labute approximate surface area is 134 Å². The van der Waals surface area contributed by atoms with Crippen LogP contribution in [0.25, 0.3) is 10.2 Å². The summed E-state index contributed by atoms with van der Waals surface area (Å²) in [4.78, 5) is 13.8. The monoisotopic (exact) mass is 332 g/mol. The number of nitrogens with one attached hydrogen (secondary N) is 2. The number of aryl methyl sites for hydroxylation is 2. The third-order valence-corrected chi connectivity index (χ3v) is 4.19. The van der Waals surface area contributed by atoms with E-state index >= 15 is 0 Å². The number of hydrogen-bond donors (Lipinski definition) is 2. The van der Waals surface area contributed by atoms with Gasteiger partial charge in [0.1, 0.15) is 4.83 Å². The lowest BCUT2D eigenvalue weighted by atomic mass is 10.3. The zero-order valence-corrected chi connectivity index (χ0v) is 14.1. The third-order valence-electron chi connectivity index (χ3n) is 2.99. The molecule has 0 bridgehead atoms. The first-order valence-electron chi connectivity index (χ1n) is 6.54. The van der Waals surface area contributed by atoms with Crippen LogP contribution in [-0.4, -0.2) is 49.0 Å². The summed E-state index contributed by atoms with van der Waals surface area (Å²) in [6.45, 7) is 4.77. The molecule has 0 saturated heterocycles. The van der Waals surface area contributed by atoms with E-state index in [0.29, 0.717) is 13.2 Å². The highest BCUT2D eigenvalue weighted by atomic mass is 35.5. The Morgan fingerprint density at radius 1 is 1.43 bits per heavy atom. The number of amides is 1. The minimum atomic E-state index is -0.0286. The SMILES string of the molecule is COCCNCCNC(=O)c1cc2c(C)nn(C)c2s1.Cl. The Bertz CT molecular complexity index is 562. The van der Waals surface area contributed by atoms with E-state index in [2.05, 4.69) is 15.7 Å². The molecule has 2 aromatic heterocycles. The molecule has 0 saturated carbocycles. The highest BCUT2D eigenvalue weighted by Crippen LogP contribution is 2.27. The molecule has 0 aromatic carbocycles. The standard InChI is InChI=1S/C13H20N4O2S.ClH/c1-9-10-8-11(20-13(10)17(2)16-9)12(18)15-5-4-14-6-7-19-3;/h8,14H,4-7H2,1-3H3,(H,15,18);1H. The summed E-state index contributed by atoms with van der Waals surface area (Å²) < 4.78 is 6.75. The summed E-state index contributed by atoms with van der Waals surface area (Å²) in [6.07, 6.45) is 0. The van der Waals surface area contributed by atoms with Gasteiger partial charge in [0.2, 0.25) is 0 Å². The number of carbonyl (C=O) groups excluding carboxylic acids is 1. The summed E-state index contributed by atoms with van der Waals surface area (Å²) >= 11 is 1.47. The van der Waals surface area contributed by atoms with E-state index in [0.717, 1.165) is 33.9 Å². The van der Waals surface area contributed by atoms with Crippen molar-refractivity contribution < 1.29 is 9.53 Å². The molecular formula is C13H21ClN4O2S. The van der Waals surface area contributed by atoms with E-state index in [-0.39, 0.29) is 18.3 Å². The second kappa shape index (κ2) is 8.33. The number of rotatable bonds is 7. The van der Waals surface area contributed by atoms with Gasteiger partial charge in [-0.15, -0.1) is 23.7 Å². The largest absolute Gasteiger partial charge is 0.383 e. The topological polar surface area (TPSA) is 68.2 Å². The molecule has 6 nitrogen and oxygen atoms in total. The van der Waals surface area contributed by atoms with Crippen LogP contribution in [0.5, 0.6) is 0 Å². The number of hydrogen-bond acceptors (Lipinski definition) is 5. The van der Waals surface area contributed by atoms with Crippen molar-refractivity contribution in [3.63, 3.8) is 0 Å². The fraction of sp³-hybridized carbons (Fsp3) is 0.538. The number of carbonyl (C=O) groups is 1. The molecule has 21 heavy (non-hydrogen) atoms. The van der Waals surface area contributed by atoms with Crippen LogP contribution in [-0.2, 0) is 11.8 Å². The van der Waals surface area contributed by atoms with Gasteiger partial charge in [-0.1, -0.05) is 0 Å². The maximum Gasteiger partial charge on any atom is 0.261 e. The molecule has 1 amide bonds. The van der Waals surface area contributed by atoms with E-state index in [1.54, 1.807) is 7.11 Å². The minimum Gasteiger partial charge on any atom is -0.383 e. The molecule has 0 aliphatic rings. The zero-order chi connectivity index (χ0) is 14.5. The van der Waals surface area contributed by atoms with Crippen molar-refractivity contribution in [2.24, 2.45) is 7.05 Å². The van der Waals surface area contributed by atoms with Gasteiger partial charge >= 0.3 is 0 Å². The lowest BCUT2D eigenvalue weighted by molar-refractivity contribution is 0.0958. The maximum absolute atomic E-state index is 12.0. The number of methoxy groups -OCH3 is 1. The van der Waals surface area contributed by atoms with Crippen LogP contribution in [0.2, 0.25) is 0 Å². The summed E-state index contributed by atoms with van der Waals surface area (Å²) in [6, 6.07) is 1.91. The third kappa shape index (κ3) is 4.41. The summed E-state index contributed by atoms with van der Waals surface area (Å²) in [5.41, 5.74) is 0.957. The summed E-state index contributed by atoms with van der Waals surface area (Å²) in [5.74, 6) is -0.0286. The highest BCUT2D eigenvalue weighted by Gasteiger charge is 2.14. The fourth-order valence-corrected chi connectivity index (χ4v) is 3.01. The van der Waals surface area contributed by atoms with Gasteiger partial charge in [0.15, 0.2) is 0 Å². The quantitative estimate of drug-likeness (QED) is 0.751. The lowest BCUT2D eigenvalue weighted by Gasteiger charge is -2.05. The Hall–Kier alpha value is -1.15. The van der Waals surface area contributed by atoms with Crippen LogP contribution in [0.3, 0.4) is 0 Å². The molecule has 0 fully saturated rings. The number of nitrogens with zero attached hydrogens (tertiary/aromatic N) is 2. The van der Waals surface area contributed by atoms with Gasteiger partial charge in [-0.05, 0) is 13.0 Å². The molecule has 2 heterocycles. The molecule has 0 spiro atoms. The van der Waals surface area contributed by atoms with Crippen LogP contribution >= 0.6 is 23.7 Å². The van der Waals surface area contributed by atoms with E-state index < -0.39 is 0 Å². The van der Waals surface area contributed by atoms with E-state index in [9.17, 15) is 4.79 Å². The second-order valence-electron chi connectivity index (χ2n) is 4.54. The van der Waals surface area contributed by atoms with Gasteiger partial charge in [-0.25, -0.2) is 0 Å². The Balaban J connectivity index is 0.00000220. The minimum absolute atomic E-state index is 0. The first-order chi connectivity index (χ1) is 9.63. The lowest BCUT2D eigenvalue weighted by Crippen LogP contribution is -2.32. The average molecular weight is 333 g/mol. The molecule has 2 N–H and O–H groups in total. The summed E-state index contributed by atoms with van der Waals surface area (Å²) in [5, 5.41) is 11.5. The number of thiophene rings is 1. The number of aromatic nitrogens is 2. The zero-order valence-electron chi connectivity index (χ0n) is 12.4. The molecule has 0 unspecified atom stereocenters. The molecule has 118 valence electrons. The van der Waals surface area contributed by atoms with Crippen LogP contribution in [0.1, 0.15) is 15.4 Å². The van der Waals surface area contributed by atoms with E-state index in [4.69, 9.17) is 4.74 Å². The molecular weight excluding hydrogens is 312 g/mol. The second-order valence-corrected chi connectivity index (χ2v) is 5.57. The maximum atomic E-state index is 12.0. The summed E-state index contributed by atoms with van der Waals surface area (Å²) in [7, 11) is 3.56. The molecule has 2 aromatic rings. The van der Waals surface area contributed by atoms with Crippen molar-refractivity contribution in [2.45, 2.75) is 6.92 Å². The van der Waals surface area contributed by atoms with Gasteiger partial charge in [0, 0.05) is 39.2 Å². The van der Waals surface area contributed by atoms with Gasteiger partial charge in [0.25, 0.3) is 5.91 Å². The van der Waals surface area contributed by atoms with Crippen molar-refractivity contribution >= 4 is 39.9 Å². The van der Waals surface area contributed by atoms with Crippen LogP contribution in [0.15, 0.2) is 6.07 Å². The highest BCUT2D eigenvalue weighted by molar-refractivity contribution is 7.20. The molecule has 0 aliphatic heterocycles. The molecule has 0 aliphatic carbocycles. The van der Waals surface area contributed by atoms with Crippen molar-refractivity contribution in [1.29, 1.82) is 0 Å². The Morgan fingerprint density at radius 3 is 2.86 bits per heavy atom. The first kappa shape index (κ1) is 17.9. The molecule has 0 radical (unpaired) electrons. The number of fused-ring (bicyclic) bond motifs is 1. The van der Waals surface area contributed by atoms with Crippen LogP contribution in [0.4, 0.5) is 0 Å². The van der Waals surface area contributed by atoms with Crippen LogP contribution < -0.4 is 10.6 Å². The van der Waals surface area contributed by atoms with Gasteiger partial charge in [-0.3, -0.25) is 9.48 Å². The van der Waals surface area contributed by atoms with Crippen molar-refractivity contribution in [1.82, 2.24) is 20.4 Å². The van der Waals surface area contributed by atoms with Gasteiger partial charge in [-0.2, -0.15) is 5.10 Å². The molecule has 0 atom stereocenters.